The van der Waals surface area contributed by atoms with E-state index in [1.807, 2.05) is 19.1 Å². The van der Waals surface area contributed by atoms with E-state index >= 15 is 0 Å². The molecule has 0 aromatic heterocycles. The lowest BCUT2D eigenvalue weighted by Gasteiger charge is -2.35. The fourth-order valence-corrected chi connectivity index (χ4v) is 4.12. The minimum absolute atomic E-state index is 0.0463. The van der Waals surface area contributed by atoms with Crippen LogP contribution in [-0.4, -0.2) is 33.2 Å². The van der Waals surface area contributed by atoms with Gasteiger partial charge in [-0.15, -0.1) is 0 Å². The van der Waals surface area contributed by atoms with Crippen molar-refractivity contribution < 1.29 is 19.0 Å². The van der Waals surface area contributed by atoms with Crippen LogP contribution < -0.4 is 15.2 Å². The summed E-state index contributed by atoms with van der Waals surface area (Å²) in [7, 11) is 4.91. The highest BCUT2D eigenvalue weighted by atomic mass is 16.5. The molecule has 28 heavy (non-hydrogen) atoms. The van der Waals surface area contributed by atoms with E-state index in [1.54, 1.807) is 39.5 Å². The second-order valence-electron chi connectivity index (χ2n) is 7.43. The Morgan fingerprint density at radius 2 is 1.82 bits per heavy atom. The monoisotopic (exact) mass is 383 g/mol. The quantitative estimate of drug-likeness (QED) is 0.592. The fourth-order valence-electron chi connectivity index (χ4n) is 4.12. The number of anilines is 1. The number of nitrogen functional groups attached to an aromatic ring is 1. The molecule has 150 valence electrons. The molecule has 0 aliphatic heterocycles. The van der Waals surface area contributed by atoms with Gasteiger partial charge in [-0.05, 0) is 67.5 Å². The lowest BCUT2D eigenvalue weighted by atomic mass is 9.71. The Kier molecular flexibility index (Phi) is 6.25. The molecule has 1 fully saturated rings. The molecule has 1 saturated carbocycles. The summed E-state index contributed by atoms with van der Waals surface area (Å²) in [6, 6.07) is 11.5. The maximum absolute atomic E-state index is 13.6. The highest BCUT2D eigenvalue weighted by Crippen LogP contribution is 2.42. The van der Waals surface area contributed by atoms with E-state index in [2.05, 4.69) is 6.07 Å². The molecule has 2 N–H and O–H groups in total. The van der Waals surface area contributed by atoms with Gasteiger partial charge in [0.1, 0.15) is 11.5 Å². The predicted molar refractivity (Wildman–Crippen MR) is 110 cm³/mol. The standard InChI is InChI=1S/C23H29NO4/c1-14-5-6-15(11-21(14)24)19-12-16(26-2)7-9-18(19)23(25)20-13-17(27-3)8-10-22(20)28-4/h5-6,8,10-11,13,16,18-19H,7,9,12,24H2,1-4H3. The predicted octanol–water partition coefficient (Wildman–Crippen LogP) is 4.38. The summed E-state index contributed by atoms with van der Waals surface area (Å²) in [4.78, 5) is 13.6. The van der Waals surface area contributed by atoms with E-state index in [4.69, 9.17) is 19.9 Å². The van der Waals surface area contributed by atoms with Gasteiger partial charge in [0.05, 0.1) is 25.9 Å². The second kappa shape index (κ2) is 8.65. The van der Waals surface area contributed by atoms with Crippen LogP contribution in [-0.2, 0) is 4.74 Å². The van der Waals surface area contributed by atoms with E-state index in [0.717, 1.165) is 36.1 Å². The van der Waals surface area contributed by atoms with Crippen molar-refractivity contribution in [1.29, 1.82) is 0 Å². The number of carbonyl (C=O) groups is 1. The van der Waals surface area contributed by atoms with Gasteiger partial charge >= 0.3 is 0 Å². The number of methoxy groups -OCH3 is 3. The van der Waals surface area contributed by atoms with Crippen LogP contribution in [0.2, 0.25) is 0 Å². The summed E-state index contributed by atoms with van der Waals surface area (Å²) in [5, 5.41) is 0. The van der Waals surface area contributed by atoms with E-state index in [-0.39, 0.29) is 23.7 Å². The minimum Gasteiger partial charge on any atom is -0.497 e. The number of hydrogen-bond donors (Lipinski definition) is 1. The first kappa shape index (κ1) is 20.2. The average Bonchev–Trinajstić information content (AvgIpc) is 2.74. The first-order valence-electron chi connectivity index (χ1n) is 9.63. The number of benzene rings is 2. The van der Waals surface area contributed by atoms with Crippen molar-refractivity contribution in [2.24, 2.45) is 5.92 Å². The minimum atomic E-state index is -0.158. The van der Waals surface area contributed by atoms with Crippen molar-refractivity contribution in [2.45, 2.75) is 38.2 Å². The van der Waals surface area contributed by atoms with E-state index in [9.17, 15) is 4.79 Å². The molecule has 0 saturated heterocycles. The topological polar surface area (TPSA) is 70.8 Å². The largest absolute Gasteiger partial charge is 0.497 e. The Bertz CT molecular complexity index is 848. The van der Waals surface area contributed by atoms with Gasteiger partial charge in [-0.1, -0.05) is 12.1 Å². The molecule has 3 unspecified atom stereocenters. The van der Waals surface area contributed by atoms with Crippen molar-refractivity contribution in [3.63, 3.8) is 0 Å². The van der Waals surface area contributed by atoms with Crippen LogP contribution in [0.25, 0.3) is 0 Å². The number of ether oxygens (including phenoxy) is 3. The molecule has 1 aliphatic carbocycles. The number of ketones is 1. The molecule has 0 heterocycles. The molecule has 5 heteroatoms. The van der Waals surface area contributed by atoms with Crippen molar-refractivity contribution in [3.8, 4) is 11.5 Å². The summed E-state index contributed by atoms with van der Waals surface area (Å²) in [5.74, 6) is 1.18. The zero-order valence-electron chi connectivity index (χ0n) is 17.0. The summed E-state index contributed by atoms with van der Waals surface area (Å²) in [6.07, 6.45) is 2.55. The molecule has 3 atom stereocenters. The molecule has 2 aromatic rings. The SMILES string of the molecule is COc1ccc(OC)c(C(=O)C2CCC(OC)CC2c2ccc(C)c(N)c2)c1. The lowest BCUT2D eigenvalue weighted by Crippen LogP contribution is -2.32. The van der Waals surface area contributed by atoms with Gasteiger partial charge < -0.3 is 19.9 Å². The van der Waals surface area contributed by atoms with Gasteiger partial charge in [0, 0.05) is 18.7 Å². The third-order valence-electron chi connectivity index (χ3n) is 5.88. The number of Topliss-reactive ketones (excluding diaryl/α,β-unsaturated/α-hetero) is 1. The number of hydrogen-bond acceptors (Lipinski definition) is 5. The normalized spacial score (nSPS) is 21.9. The Morgan fingerprint density at radius 1 is 1.04 bits per heavy atom. The summed E-state index contributed by atoms with van der Waals surface area (Å²) >= 11 is 0. The molecular formula is C23H29NO4. The van der Waals surface area contributed by atoms with Crippen LogP contribution in [0.4, 0.5) is 5.69 Å². The maximum Gasteiger partial charge on any atom is 0.170 e. The Hall–Kier alpha value is -2.53. The van der Waals surface area contributed by atoms with Gasteiger partial charge in [0.2, 0.25) is 0 Å². The number of carbonyl (C=O) groups excluding carboxylic acids is 1. The van der Waals surface area contributed by atoms with Crippen LogP contribution in [0.1, 0.15) is 46.7 Å². The third-order valence-corrected chi connectivity index (χ3v) is 5.88. The summed E-state index contributed by atoms with van der Waals surface area (Å²) in [6.45, 7) is 1.99. The third kappa shape index (κ3) is 3.99. The smallest absolute Gasteiger partial charge is 0.170 e. The van der Waals surface area contributed by atoms with Gasteiger partial charge in [0.25, 0.3) is 0 Å². The fraction of sp³-hybridized carbons (Fsp3) is 0.435. The van der Waals surface area contributed by atoms with Crippen LogP contribution >= 0.6 is 0 Å². The van der Waals surface area contributed by atoms with Crippen molar-refractivity contribution in [2.75, 3.05) is 27.1 Å². The molecule has 1 aliphatic rings. The zero-order chi connectivity index (χ0) is 20.3. The van der Waals surface area contributed by atoms with Crippen LogP contribution in [0.3, 0.4) is 0 Å². The second-order valence-corrected chi connectivity index (χ2v) is 7.43. The van der Waals surface area contributed by atoms with Gasteiger partial charge in [-0.25, -0.2) is 0 Å². The number of nitrogens with two attached hydrogens (primary N) is 1. The molecule has 2 aromatic carbocycles. The summed E-state index contributed by atoms with van der Waals surface area (Å²) in [5.41, 5.74) is 9.60. The highest BCUT2D eigenvalue weighted by Gasteiger charge is 2.37. The van der Waals surface area contributed by atoms with Gasteiger partial charge in [0.15, 0.2) is 5.78 Å². The van der Waals surface area contributed by atoms with Crippen LogP contribution in [0, 0.1) is 12.8 Å². The first-order chi connectivity index (χ1) is 13.5. The summed E-state index contributed by atoms with van der Waals surface area (Å²) < 4.78 is 16.4. The Balaban J connectivity index is 2.00. The van der Waals surface area contributed by atoms with E-state index in [0.29, 0.717) is 17.1 Å². The average molecular weight is 383 g/mol. The zero-order valence-corrected chi connectivity index (χ0v) is 17.0. The number of aryl methyl sites for hydroxylation is 1. The van der Waals surface area contributed by atoms with Crippen LogP contribution in [0.5, 0.6) is 11.5 Å². The Morgan fingerprint density at radius 3 is 2.46 bits per heavy atom. The van der Waals surface area contributed by atoms with Crippen molar-refractivity contribution >= 4 is 11.5 Å². The molecule has 0 radical (unpaired) electrons. The van der Waals surface area contributed by atoms with E-state index < -0.39 is 0 Å². The molecule has 3 rings (SSSR count). The molecule has 0 spiro atoms. The van der Waals surface area contributed by atoms with Crippen molar-refractivity contribution in [3.05, 3.63) is 53.1 Å². The van der Waals surface area contributed by atoms with E-state index in [1.165, 1.54) is 0 Å². The lowest BCUT2D eigenvalue weighted by molar-refractivity contribution is 0.0430. The maximum atomic E-state index is 13.6. The van der Waals surface area contributed by atoms with Crippen LogP contribution in [0.15, 0.2) is 36.4 Å². The molecule has 0 amide bonds. The van der Waals surface area contributed by atoms with Crippen molar-refractivity contribution in [1.82, 2.24) is 0 Å². The number of rotatable bonds is 6. The highest BCUT2D eigenvalue weighted by molar-refractivity contribution is 6.01. The Labute approximate surface area is 166 Å². The molecular weight excluding hydrogens is 354 g/mol. The molecule has 0 bridgehead atoms. The van der Waals surface area contributed by atoms with Gasteiger partial charge in [-0.3, -0.25) is 4.79 Å². The van der Waals surface area contributed by atoms with Gasteiger partial charge in [-0.2, -0.15) is 0 Å². The first-order valence-corrected chi connectivity index (χ1v) is 9.63. The molecule has 5 nitrogen and oxygen atoms in total.